The van der Waals surface area contributed by atoms with Crippen molar-refractivity contribution >= 4 is 0 Å². The van der Waals surface area contributed by atoms with Crippen molar-refractivity contribution in [3.8, 4) is 0 Å². The molecule has 1 aliphatic rings. The molecule has 1 aliphatic heterocycles. The van der Waals surface area contributed by atoms with Crippen molar-refractivity contribution in [2.75, 3.05) is 6.54 Å². The molecule has 0 unspecified atom stereocenters. The second-order valence-corrected chi connectivity index (χ2v) is 1.91. The summed E-state index contributed by atoms with van der Waals surface area (Å²) < 4.78 is 0. The molecule has 0 N–H and O–H groups in total. The van der Waals surface area contributed by atoms with Crippen LogP contribution in [0.1, 0.15) is 19.3 Å². The van der Waals surface area contributed by atoms with Crippen LogP contribution in [0.5, 0.6) is 0 Å². The van der Waals surface area contributed by atoms with Gasteiger partial charge in [-0.15, -0.1) is 13.1 Å². The predicted octanol–water partition coefficient (Wildman–Crippen LogP) is 2.06. The summed E-state index contributed by atoms with van der Waals surface area (Å²) in [4.78, 5) is 0. The average molecular weight is 282 g/mol. The van der Waals surface area contributed by atoms with Crippen LogP contribution in [-0.2, 0) is 20.4 Å². The molecule has 1 nitrogen and oxygen atoms in total. The van der Waals surface area contributed by atoms with Gasteiger partial charge in [-0.25, -0.2) is 0 Å². The summed E-state index contributed by atoms with van der Waals surface area (Å²) in [5, 5.41) is 4.14. The molecular weight excluding hydrogens is 272 g/mol. The maximum absolute atomic E-state index is 4.14. The van der Waals surface area contributed by atoms with Gasteiger partial charge < -0.3 is 5.32 Å². The van der Waals surface area contributed by atoms with Crippen LogP contribution in [0.4, 0.5) is 0 Å². The number of nitrogens with zero attached hydrogens (tertiary/aromatic N) is 1. The fourth-order valence-electron chi connectivity index (χ4n) is 0.757. The number of hydrogen-bond acceptors (Lipinski definition) is 0. The van der Waals surface area contributed by atoms with Crippen LogP contribution in [0, 0.1) is 0 Å². The zero-order chi connectivity index (χ0) is 5.11. The SMILES string of the molecule is C=C1CCCC[N-]1.[Re]. The Labute approximate surface area is 64.2 Å². The smallest absolute Gasteiger partial charge is 0 e. The van der Waals surface area contributed by atoms with E-state index in [1.54, 1.807) is 0 Å². The molecular formula is C6H10NRe-. The molecule has 0 aromatic heterocycles. The van der Waals surface area contributed by atoms with Gasteiger partial charge in [0.15, 0.2) is 0 Å². The standard InChI is InChI=1S/C6H10N.Re/c1-6-4-2-3-5-7-6;/h1-5H2;/q-1;. The quantitative estimate of drug-likeness (QED) is 0.646. The van der Waals surface area contributed by atoms with Crippen LogP contribution >= 0.6 is 0 Å². The minimum absolute atomic E-state index is 0. The van der Waals surface area contributed by atoms with Crippen LogP contribution in [0.25, 0.3) is 5.32 Å². The molecule has 0 aromatic rings. The van der Waals surface area contributed by atoms with E-state index < -0.39 is 0 Å². The number of rotatable bonds is 0. The maximum atomic E-state index is 4.14. The van der Waals surface area contributed by atoms with Gasteiger partial charge in [-0.2, -0.15) is 5.70 Å². The zero-order valence-corrected chi connectivity index (χ0v) is 7.58. The van der Waals surface area contributed by atoms with Crippen molar-refractivity contribution in [3.05, 3.63) is 17.6 Å². The van der Waals surface area contributed by atoms with E-state index >= 15 is 0 Å². The van der Waals surface area contributed by atoms with Crippen LogP contribution in [-0.4, -0.2) is 6.54 Å². The van der Waals surface area contributed by atoms with Gasteiger partial charge in [0.1, 0.15) is 0 Å². The topological polar surface area (TPSA) is 14.1 Å². The van der Waals surface area contributed by atoms with Gasteiger partial charge in [-0.05, 0) is 6.42 Å². The largest absolute Gasteiger partial charge is 0.688 e. The van der Waals surface area contributed by atoms with Gasteiger partial charge >= 0.3 is 0 Å². The Hall–Kier alpha value is 0.202. The molecule has 0 aromatic carbocycles. The van der Waals surface area contributed by atoms with Gasteiger partial charge in [-0.1, -0.05) is 12.8 Å². The molecule has 2 heteroatoms. The Morgan fingerprint density at radius 1 is 1.38 bits per heavy atom. The molecule has 1 heterocycles. The van der Waals surface area contributed by atoms with E-state index in [9.17, 15) is 0 Å². The summed E-state index contributed by atoms with van der Waals surface area (Å²) in [6, 6.07) is 0. The molecule has 1 saturated heterocycles. The Kier molecular flexibility index (Phi) is 4.22. The Morgan fingerprint density at radius 3 is 2.38 bits per heavy atom. The van der Waals surface area contributed by atoms with Crippen LogP contribution in [0.15, 0.2) is 12.3 Å². The summed E-state index contributed by atoms with van der Waals surface area (Å²) in [5.74, 6) is 0. The van der Waals surface area contributed by atoms with E-state index in [2.05, 4.69) is 11.9 Å². The van der Waals surface area contributed by atoms with Gasteiger partial charge in [-0.3, -0.25) is 0 Å². The van der Waals surface area contributed by atoms with Crippen molar-refractivity contribution in [3.63, 3.8) is 0 Å². The molecule has 1 rings (SSSR count). The van der Waals surface area contributed by atoms with Crippen molar-refractivity contribution in [2.24, 2.45) is 0 Å². The molecule has 0 bridgehead atoms. The summed E-state index contributed by atoms with van der Waals surface area (Å²) in [6.07, 6.45) is 3.68. The van der Waals surface area contributed by atoms with Crippen molar-refractivity contribution < 1.29 is 20.4 Å². The normalized spacial score (nSPS) is 18.8. The third kappa shape index (κ3) is 2.50. The molecule has 1 fully saturated rings. The van der Waals surface area contributed by atoms with Gasteiger partial charge in [0.25, 0.3) is 0 Å². The molecule has 0 aliphatic carbocycles. The third-order valence-corrected chi connectivity index (χ3v) is 1.21. The molecule has 0 saturated carbocycles. The molecule has 1 radical (unpaired) electrons. The van der Waals surface area contributed by atoms with E-state index in [4.69, 9.17) is 0 Å². The molecule has 8 heavy (non-hydrogen) atoms. The fourth-order valence-corrected chi connectivity index (χ4v) is 0.757. The van der Waals surface area contributed by atoms with Crippen LogP contribution in [0.3, 0.4) is 0 Å². The Morgan fingerprint density at radius 2 is 2.12 bits per heavy atom. The number of hydrogen-bond donors (Lipinski definition) is 0. The molecule has 47 valence electrons. The first-order valence-electron chi connectivity index (χ1n) is 2.75. The maximum Gasteiger partial charge on any atom is 0 e. The van der Waals surface area contributed by atoms with E-state index in [0.717, 1.165) is 18.7 Å². The summed E-state index contributed by atoms with van der Waals surface area (Å²) in [7, 11) is 0. The summed E-state index contributed by atoms with van der Waals surface area (Å²) >= 11 is 0. The number of allylic oxidation sites excluding steroid dienone is 1. The molecule has 0 spiro atoms. The number of piperidine rings is 1. The molecule has 0 atom stereocenters. The van der Waals surface area contributed by atoms with E-state index in [0.29, 0.717) is 0 Å². The second-order valence-electron chi connectivity index (χ2n) is 1.91. The van der Waals surface area contributed by atoms with Crippen LogP contribution in [0.2, 0.25) is 0 Å². The Balaban J connectivity index is 0.000000490. The van der Waals surface area contributed by atoms with E-state index in [1.165, 1.54) is 12.8 Å². The first-order valence-corrected chi connectivity index (χ1v) is 2.75. The second kappa shape index (κ2) is 4.12. The van der Waals surface area contributed by atoms with Crippen molar-refractivity contribution in [2.45, 2.75) is 19.3 Å². The first kappa shape index (κ1) is 8.20. The predicted molar refractivity (Wildman–Crippen MR) is 31.2 cm³/mol. The molecule has 0 amide bonds. The fraction of sp³-hybridized carbons (Fsp3) is 0.667. The van der Waals surface area contributed by atoms with Gasteiger partial charge in [0.05, 0.1) is 0 Å². The van der Waals surface area contributed by atoms with Gasteiger partial charge in [0, 0.05) is 20.4 Å². The van der Waals surface area contributed by atoms with E-state index in [1.807, 2.05) is 0 Å². The van der Waals surface area contributed by atoms with Crippen LogP contribution < -0.4 is 0 Å². The third-order valence-electron chi connectivity index (χ3n) is 1.21. The monoisotopic (exact) mass is 283 g/mol. The summed E-state index contributed by atoms with van der Waals surface area (Å²) in [6.45, 7) is 4.76. The summed E-state index contributed by atoms with van der Waals surface area (Å²) in [5.41, 5.74) is 1.09. The average Bonchev–Trinajstić information content (AvgIpc) is 1.69. The van der Waals surface area contributed by atoms with Crippen molar-refractivity contribution in [1.82, 2.24) is 0 Å². The van der Waals surface area contributed by atoms with E-state index in [-0.39, 0.29) is 20.4 Å². The minimum Gasteiger partial charge on any atom is -0.688 e. The first-order chi connectivity index (χ1) is 3.39. The zero-order valence-electron chi connectivity index (χ0n) is 4.86. The van der Waals surface area contributed by atoms with Crippen molar-refractivity contribution in [1.29, 1.82) is 0 Å². The minimum atomic E-state index is 0. The Bertz CT molecular complexity index is 72.6. The van der Waals surface area contributed by atoms with Gasteiger partial charge in [0.2, 0.25) is 0 Å².